The Kier molecular flexibility index (Phi) is 4.95. The second kappa shape index (κ2) is 6.72. The minimum Gasteiger partial charge on any atom is -0.478 e. The average molecular weight is 322 g/mol. The van der Waals surface area contributed by atoms with Gasteiger partial charge in [-0.2, -0.15) is 4.98 Å². The van der Waals surface area contributed by atoms with Gasteiger partial charge in [0.05, 0.1) is 5.69 Å². The lowest BCUT2D eigenvalue weighted by molar-refractivity contribution is 0.0687. The molecular weight excluding hydrogens is 306 g/mol. The van der Waals surface area contributed by atoms with E-state index in [4.69, 9.17) is 16.3 Å². The molecule has 0 fully saturated rings. The number of carbonyl (C=O) groups is 1. The largest absolute Gasteiger partial charge is 0.478 e. The van der Waals surface area contributed by atoms with Crippen molar-refractivity contribution in [3.63, 3.8) is 0 Å². The molecule has 0 aliphatic heterocycles. The van der Waals surface area contributed by atoms with Crippen LogP contribution in [0.25, 0.3) is 11.3 Å². The van der Waals surface area contributed by atoms with Crippen LogP contribution in [0.5, 0.6) is 6.01 Å². The Balaban J connectivity index is 2.50. The number of carboxylic acids is 1. The van der Waals surface area contributed by atoms with E-state index in [0.29, 0.717) is 10.6 Å². The summed E-state index contributed by atoms with van der Waals surface area (Å²) < 4.78 is 5.58. The van der Waals surface area contributed by atoms with Crippen molar-refractivity contribution in [3.05, 3.63) is 41.0 Å². The lowest BCUT2D eigenvalue weighted by Crippen LogP contribution is -2.30. The molecule has 2 rings (SSSR count). The van der Waals surface area contributed by atoms with Crippen LogP contribution in [0.3, 0.4) is 0 Å². The van der Waals surface area contributed by atoms with Crippen LogP contribution in [0.1, 0.15) is 17.3 Å². The van der Waals surface area contributed by atoms with Crippen molar-refractivity contribution in [2.75, 3.05) is 14.1 Å². The first-order chi connectivity index (χ1) is 10.4. The summed E-state index contributed by atoms with van der Waals surface area (Å²) in [6.45, 7) is 1.84. The molecule has 1 atom stereocenters. The molecule has 0 bridgehead atoms. The monoisotopic (exact) mass is 321 g/mol. The molecule has 1 unspecified atom stereocenters. The van der Waals surface area contributed by atoms with Gasteiger partial charge in [0.15, 0.2) is 6.23 Å². The molecule has 0 spiro atoms. The summed E-state index contributed by atoms with van der Waals surface area (Å²) in [5, 5.41) is 9.72. The highest BCUT2D eigenvalue weighted by Gasteiger charge is 2.19. The van der Waals surface area contributed by atoms with Crippen LogP contribution in [0.4, 0.5) is 0 Å². The molecule has 7 heteroatoms. The number of hydrogen-bond acceptors (Lipinski definition) is 5. The number of halogens is 1. The number of nitrogens with zero attached hydrogens (tertiary/aromatic N) is 3. The molecule has 0 aliphatic rings. The Morgan fingerprint density at radius 1 is 1.36 bits per heavy atom. The van der Waals surface area contributed by atoms with Crippen molar-refractivity contribution in [3.8, 4) is 17.3 Å². The third-order valence-electron chi connectivity index (χ3n) is 3.13. The number of carboxylic acid groups (broad SMARTS) is 1. The maximum absolute atomic E-state index is 11.4. The van der Waals surface area contributed by atoms with E-state index in [0.717, 1.165) is 0 Å². The normalized spacial score (nSPS) is 12.2. The van der Waals surface area contributed by atoms with E-state index < -0.39 is 5.97 Å². The molecular formula is C15H16ClN3O3. The average Bonchev–Trinajstić information content (AvgIpc) is 2.47. The van der Waals surface area contributed by atoms with E-state index in [1.807, 2.05) is 25.9 Å². The van der Waals surface area contributed by atoms with Crippen LogP contribution >= 0.6 is 11.6 Å². The van der Waals surface area contributed by atoms with Gasteiger partial charge in [-0.1, -0.05) is 29.8 Å². The molecule has 0 amide bonds. The molecule has 0 radical (unpaired) electrons. The van der Waals surface area contributed by atoms with Crippen LogP contribution < -0.4 is 4.74 Å². The number of hydrogen-bond donors (Lipinski definition) is 1. The van der Waals surface area contributed by atoms with Gasteiger partial charge >= 0.3 is 12.0 Å². The third-order valence-corrected chi connectivity index (χ3v) is 3.46. The summed E-state index contributed by atoms with van der Waals surface area (Å²) in [5.74, 6) is -1.12. The van der Waals surface area contributed by atoms with Crippen LogP contribution in [0.2, 0.25) is 5.02 Å². The Bertz CT molecular complexity index is 691. The lowest BCUT2D eigenvalue weighted by Gasteiger charge is -2.20. The number of aromatic carboxylic acids is 1. The molecule has 0 saturated carbocycles. The van der Waals surface area contributed by atoms with Gasteiger partial charge in [0.2, 0.25) is 0 Å². The van der Waals surface area contributed by atoms with Gasteiger partial charge in [0.25, 0.3) is 0 Å². The Morgan fingerprint density at radius 2 is 2.05 bits per heavy atom. The summed E-state index contributed by atoms with van der Waals surface area (Å²) in [4.78, 5) is 21.4. The molecule has 116 valence electrons. The first-order valence-corrected chi connectivity index (χ1v) is 6.96. The van der Waals surface area contributed by atoms with Crippen molar-refractivity contribution in [1.29, 1.82) is 0 Å². The first-order valence-electron chi connectivity index (χ1n) is 6.58. The van der Waals surface area contributed by atoms with E-state index in [2.05, 4.69) is 9.97 Å². The van der Waals surface area contributed by atoms with Crippen molar-refractivity contribution >= 4 is 17.6 Å². The summed E-state index contributed by atoms with van der Waals surface area (Å²) in [5.41, 5.74) is 0.721. The van der Waals surface area contributed by atoms with Gasteiger partial charge < -0.3 is 9.84 Å². The zero-order valence-corrected chi connectivity index (χ0v) is 13.2. The van der Waals surface area contributed by atoms with Gasteiger partial charge in [0.1, 0.15) is 5.56 Å². The Hall–Kier alpha value is -2.18. The lowest BCUT2D eigenvalue weighted by atomic mass is 10.1. The van der Waals surface area contributed by atoms with Gasteiger partial charge in [-0.3, -0.25) is 4.90 Å². The number of benzene rings is 1. The minimum absolute atomic E-state index is 0.0297. The molecule has 22 heavy (non-hydrogen) atoms. The summed E-state index contributed by atoms with van der Waals surface area (Å²) >= 11 is 6.14. The van der Waals surface area contributed by atoms with E-state index in [-0.39, 0.29) is 23.5 Å². The molecule has 1 aromatic heterocycles. The van der Waals surface area contributed by atoms with E-state index >= 15 is 0 Å². The zero-order chi connectivity index (χ0) is 16.3. The molecule has 1 N–H and O–H groups in total. The molecule has 1 heterocycles. The molecule has 6 nitrogen and oxygen atoms in total. The fourth-order valence-corrected chi connectivity index (χ4v) is 1.92. The number of aromatic nitrogens is 2. The quantitative estimate of drug-likeness (QED) is 0.853. The fourth-order valence-electron chi connectivity index (χ4n) is 1.70. The van der Waals surface area contributed by atoms with Gasteiger partial charge in [-0.25, -0.2) is 9.78 Å². The maximum atomic E-state index is 11.4. The van der Waals surface area contributed by atoms with Crippen LogP contribution in [0, 0.1) is 0 Å². The molecule has 0 saturated heterocycles. The smallest absolute Gasteiger partial charge is 0.339 e. The minimum atomic E-state index is -1.12. The van der Waals surface area contributed by atoms with Crippen LogP contribution in [-0.2, 0) is 0 Å². The summed E-state index contributed by atoms with van der Waals surface area (Å²) in [6.07, 6.45) is 0.973. The molecule has 2 aromatic rings. The molecule has 0 aliphatic carbocycles. The summed E-state index contributed by atoms with van der Waals surface area (Å²) in [7, 11) is 3.70. The van der Waals surface area contributed by atoms with Gasteiger partial charge in [0, 0.05) is 16.8 Å². The fraction of sp³-hybridized carbons (Fsp3) is 0.267. The van der Waals surface area contributed by atoms with Gasteiger partial charge in [-0.15, -0.1) is 0 Å². The second-order valence-electron chi connectivity index (χ2n) is 4.88. The van der Waals surface area contributed by atoms with Crippen LogP contribution in [-0.4, -0.2) is 46.3 Å². The highest BCUT2D eigenvalue weighted by Crippen LogP contribution is 2.29. The zero-order valence-electron chi connectivity index (χ0n) is 12.4. The number of rotatable bonds is 5. The van der Waals surface area contributed by atoms with E-state index in [1.54, 1.807) is 24.3 Å². The van der Waals surface area contributed by atoms with E-state index in [9.17, 15) is 9.90 Å². The second-order valence-corrected chi connectivity index (χ2v) is 5.29. The summed E-state index contributed by atoms with van der Waals surface area (Å²) in [6, 6.07) is 7.00. The van der Waals surface area contributed by atoms with Crippen molar-refractivity contribution in [2.24, 2.45) is 0 Å². The predicted molar refractivity (Wildman–Crippen MR) is 83.2 cm³/mol. The SMILES string of the molecule is CC(Oc1ncc(C(=O)O)c(-c2ccccc2Cl)n1)N(C)C. The van der Waals surface area contributed by atoms with Crippen LogP contribution in [0.15, 0.2) is 30.5 Å². The predicted octanol–water partition coefficient (Wildman–Crippen LogP) is 2.78. The Morgan fingerprint density at radius 3 is 2.64 bits per heavy atom. The van der Waals surface area contributed by atoms with Crippen molar-refractivity contribution in [1.82, 2.24) is 14.9 Å². The first kappa shape index (κ1) is 16.2. The van der Waals surface area contributed by atoms with E-state index in [1.165, 1.54) is 6.20 Å². The molecule has 1 aromatic carbocycles. The van der Waals surface area contributed by atoms with Crippen molar-refractivity contribution < 1.29 is 14.6 Å². The standard InChI is InChI=1S/C15H16ClN3O3/c1-9(19(2)3)22-15-17-8-11(14(20)21)13(18-15)10-6-4-5-7-12(10)16/h4-9H,1-3H3,(H,20,21). The maximum Gasteiger partial charge on any atom is 0.339 e. The highest BCUT2D eigenvalue weighted by molar-refractivity contribution is 6.33. The van der Waals surface area contributed by atoms with Crippen molar-refractivity contribution in [2.45, 2.75) is 13.2 Å². The number of ether oxygens (including phenoxy) is 1. The van der Waals surface area contributed by atoms with Gasteiger partial charge in [-0.05, 0) is 27.1 Å². The third kappa shape index (κ3) is 3.52. The highest BCUT2D eigenvalue weighted by atomic mass is 35.5. The Labute approximate surface area is 133 Å². The topological polar surface area (TPSA) is 75.5 Å².